The summed E-state index contributed by atoms with van der Waals surface area (Å²) in [6.07, 6.45) is 7.46. The lowest BCUT2D eigenvalue weighted by molar-refractivity contribution is -0.141. The molecule has 4 heteroatoms. The van der Waals surface area contributed by atoms with Gasteiger partial charge in [0, 0.05) is 11.3 Å². The van der Waals surface area contributed by atoms with Crippen LogP contribution in [-0.2, 0) is 9.53 Å². The van der Waals surface area contributed by atoms with E-state index >= 15 is 0 Å². The standard InChI is InChI=1S/C31H50O4/c1-19(2)20(3)9-11-24(35-18-32)23-17-27(34)31(8)22-10-12-25-28(4,5)26(33)14-15-29(25,6)21(22)13-16-30(23,31)7/h18-19,23-27,33-34H,3,9-17H2,1-2,4-8H3/t23?,24-,25?,26+,27+,29-,30-,31-/m1/s1. The van der Waals surface area contributed by atoms with Gasteiger partial charge >= 0.3 is 0 Å². The molecule has 0 radical (unpaired) electrons. The van der Waals surface area contributed by atoms with Crippen molar-refractivity contribution in [2.45, 2.75) is 125 Å². The molecule has 4 aliphatic carbocycles. The molecule has 2 saturated carbocycles. The fraction of sp³-hybridized carbons (Fsp3) is 0.839. The lowest BCUT2D eigenvalue weighted by atomic mass is 9.43. The molecule has 0 saturated heterocycles. The van der Waals surface area contributed by atoms with Crippen LogP contribution in [0, 0.1) is 39.4 Å². The topological polar surface area (TPSA) is 66.8 Å². The van der Waals surface area contributed by atoms with Crippen molar-refractivity contribution < 1.29 is 19.7 Å². The number of hydrogen-bond acceptors (Lipinski definition) is 4. The van der Waals surface area contributed by atoms with E-state index in [9.17, 15) is 15.0 Å². The Hall–Kier alpha value is -1.13. The number of aliphatic hydroxyl groups is 2. The van der Waals surface area contributed by atoms with Crippen molar-refractivity contribution in [2.75, 3.05) is 0 Å². The summed E-state index contributed by atoms with van der Waals surface area (Å²) in [5.74, 6) is 1.02. The van der Waals surface area contributed by atoms with Gasteiger partial charge in [0.2, 0.25) is 0 Å². The van der Waals surface area contributed by atoms with Crippen LogP contribution in [0.15, 0.2) is 23.3 Å². The Balaban J connectivity index is 1.70. The average Bonchev–Trinajstić information content (AvgIpc) is 3.00. The molecule has 4 aliphatic rings. The summed E-state index contributed by atoms with van der Waals surface area (Å²) >= 11 is 0. The monoisotopic (exact) mass is 486 g/mol. The van der Waals surface area contributed by atoms with E-state index in [0.717, 1.165) is 51.4 Å². The molecule has 4 rings (SSSR count). The van der Waals surface area contributed by atoms with Crippen LogP contribution in [0.2, 0.25) is 0 Å². The Labute approximate surface area is 213 Å². The predicted molar refractivity (Wildman–Crippen MR) is 141 cm³/mol. The third kappa shape index (κ3) is 3.79. The quantitative estimate of drug-likeness (QED) is 0.314. The number of fused-ring (bicyclic) bond motifs is 4. The molecule has 35 heavy (non-hydrogen) atoms. The third-order valence-electron chi connectivity index (χ3n) is 12.1. The minimum atomic E-state index is -0.434. The highest BCUT2D eigenvalue weighted by atomic mass is 16.5. The summed E-state index contributed by atoms with van der Waals surface area (Å²) in [5, 5.41) is 22.6. The Bertz CT molecular complexity index is 886. The molecule has 4 nitrogen and oxygen atoms in total. The van der Waals surface area contributed by atoms with Crippen molar-refractivity contribution >= 4 is 6.47 Å². The maximum absolute atomic E-state index is 11.7. The molecule has 2 fully saturated rings. The number of allylic oxidation sites excluding steroid dienone is 2. The molecule has 0 amide bonds. The molecule has 2 N–H and O–H groups in total. The number of aliphatic hydroxyl groups excluding tert-OH is 2. The van der Waals surface area contributed by atoms with Gasteiger partial charge in [0.25, 0.3) is 6.47 Å². The molecule has 2 unspecified atom stereocenters. The van der Waals surface area contributed by atoms with Gasteiger partial charge in [-0.05, 0) is 85.9 Å². The highest BCUT2D eigenvalue weighted by Gasteiger charge is 2.67. The molecule has 0 aromatic rings. The summed E-state index contributed by atoms with van der Waals surface area (Å²) in [6.45, 7) is 20.8. The van der Waals surface area contributed by atoms with E-state index in [1.807, 2.05) is 0 Å². The van der Waals surface area contributed by atoms with Crippen molar-refractivity contribution in [3.05, 3.63) is 23.3 Å². The predicted octanol–water partition coefficient (Wildman–Crippen LogP) is 6.60. The van der Waals surface area contributed by atoms with Gasteiger partial charge < -0.3 is 14.9 Å². The molecule has 0 aliphatic heterocycles. The molecule has 198 valence electrons. The van der Waals surface area contributed by atoms with Crippen molar-refractivity contribution in [3.8, 4) is 0 Å². The zero-order valence-electron chi connectivity index (χ0n) is 23.3. The van der Waals surface area contributed by atoms with Crippen LogP contribution in [-0.4, -0.2) is 35.0 Å². The van der Waals surface area contributed by atoms with Crippen molar-refractivity contribution in [3.63, 3.8) is 0 Å². The first-order chi connectivity index (χ1) is 16.2. The Morgan fingerprint density at radius 3 is 2.37 bits per heavy atom. The molecule has 8 atom stereocenters. The van der Waals surface area contributed by atoms with Gasteiger partial charge in [-0.2, -0.15) is 0 Å². The van der Waals surface area contributed by atoms with Gasteiger partial charge in [-0.15, -0.1) is 0 Å². The maximum atomic E-state index is 11.7. The van der Waals surface area contributed by atoms with Crippen LogP contribution in [0.1, 0.15) is 106 Å². The molecule has 0 aromatic carbocycles. The smallest absolute Gasteiger partial charge is 0.293 e. The van der Waals surface area contributed by atoms with Gasteiger partial charge in [-0.3, -0.25) is 4.79 Å². The third-order valence-corrected chi connectivity index (χ3v) is 12.1. The minimum Gasteiger partial charge on any atom is -0.464 e. The van der Waals surface area contributed by atoms with E-state index in [1.54, 1.807) is 5.57 Å². The van der Waals surface area contributed by atoms with Gasteiger partial charge in [-0.25, -0.2) is 0 Å². The summed E-state index contributed by atoms with van der Waals surface area (Å²) in [5.41, 5.74) is 3.83. The van der Waals surface area contributed by atoms with Crippen molar-refractivity contribution in [2.24, 2.45) is 39.4 Å². The van der Waals surface area contributed by atoms with Crippen LogP contribution >= 0.6 is 0 Å². The fourth-order valence-corrected chi connectivity index (χ4v) is 9.37. The summed E-state index contributed by atoms with van der Waals surface area (Å²) in [7, 11) is 0. The second-order valence-corrected chi connectivity index (χ2v) is 13.9. The van der Waals surface area contributed by atoms with Crippen LogP contribution in [0.5, 0.6) is 0 Å². The number of carbonyl (C=O) groups is 1. The van der Waals surface area contributed by atoms with E-state index in [2.05, 4.69) is 55.0 Å². The number of rotatable bonds is 7. The van der Waals surface area contributed by atoms with Crippen molar-refractivity contribution in [1.29, 1.82) is 0 Å². The van der Waals surface area contributed by atoms with E-state index in [-0.39, 0.29) is 39.8 Å². The van der Waals surface area contributed by atoms with E-state index in [1.165, 1.54) is 11.1 Å². The lowest BCUT2D eigenvalue weighted by Gasteiger charge is -2.62. The zero-order valence-corrected chi connectivity index (χ0v) is 23.3. The maximum Gasteiger partial charge on any atom is 0.293 e. The van der Waals surface area contributed by atoms with Gasteiger partial charge in [0.15, 0.2) is 0 Å². The summed E-state index contributed by atoms with van der Waals surface area (Å²) in [4.78, 5) is 11.6. The molecule has 0 heterocycles. The largest absolute Gasteiger partial charge is 0.464 e. The zero-order chi connectivity index (χ0) is 26.0. The first-order valence-corrected chi connectivity index (χ1v) is 14.1. The van der Waals surface area contributed by atoms with E-state index < -0.39 is 6.10 Å². The molecular weight excluding hydrogens is 436 g/mol. The van der Waals surface area contributed by atoms with Gasteiger partial charge in [0.05, 0.1) is 12.2 Å². The van der Waals surface area contributed by atoms with Crippen LogP contribution < -0.4 is 0 Å². The number of carbonyl (C=O) groups excluding carboxylic acids is 1. The van der Waals surface area contributed by atoms with Crippen LogP contribution in [0.3, 0.4) is 0 Å². The molecular formula is C31H50O4. The molecule has 0 spiro atoms. The Morgan fingerprint density at radius 1 is 1.06 bits per heavy atom. The number of ether oxygens (including phenoxy) is 1. The minimum absolute atomic E-state index is 0.0894. The first kappa shape index (κ1) is 26.9. The SMILES string of the molecule is C=C(CC[C@@H](OC=O)C1C[C@H](O)[C@@]2(C)C3=C(CC[C@]12C)[C@@]1(C)CC[C@H](O)C(C)(C)C1CC3)C(C)C. The van der Waals surface area contributed by atoms with Gasteiger partial charge in [-0.1, -0.05) is 71.8 Å². The summed E-state index contributed by atoms with van der Waals surface area (Å²) < 4.78 is 5.77. The van der Waals surface area contributed by atoms with E-state index in [0.29, 0.717) is 24.7 Å². The number of hydrogen-bond donors (Lipinski definition) is 2. The van der Waals surface area contributed by atoms with E-state index in [4.69, 9.17) is 4.74 Å². The fourth-order valence-electron chi connectivity index (χ4n) is 9.37. The highest BCUT2D eigenvalue weighted by Crippen LogP contribution is 2.72. The van der Waals surface area contributed by atoms with Crippen LogP contribution in [0.25, 0.3) is 0 Å². The lowest BCUT2D eigenvalue weighted by Crippen LogP contribution is -2.56. The average molecular weight is 487 g/mol. The first-order valence-electron chi connectivity index (χ1n) is 14.1. The highest BCUT2D eigenvalue weighted by molar-refractivity contribution is 5.41. The second kappa shape index (κ2) is 9.01. The van der Waals surface area contributed by atoms with Gasteiger partial charge in [0.1, 0.15) is 6.10 Å². The van der Waals surface area contributed by atoms with Crippen molar-refractivity contribution in [1.82, 2.24) is 0 Å². The Kier molecular flexibility index (Phi) is 6.93. The molecule has 0 aromatic heterocycles. The van der Waals surface area contributed by atoms with Crippen LogP contribution in [0.4, 0.5) is 0 Å². The second-order valence-electron chi connectivity index (χ2n) is 13.9. The summed E-state index contributed by atoms with van der Waals surface area (Å²) in [6, 6.07) is 0. The normalized spacial score (nSPS) is 43.3. The molecule has 0 bridgehead atoms. The Morgan fingerprint density at radius 2 is 1.74 bits per heavy atom.